The molecule has 0 bridgehead atoms. The zero-order valence-electron chi connectivity index (χ0n) is 23.7. The molecule has 0 aliphatic rings. The summed E-state index contributed by atoms with van der Waals surface area (Å²) in [6, 6.07) is 0. The molecule has 2 aromatic carbocycles. The van der Waals surface area contributed by atoms with Crippen LogP contribution in [0.3, 0.4) is 0 Å². The van der Waals surface area contributed by atoms with Crippen LogP contribution in [0.25, 0.3) is 33.4 Å². The fourth-order valence-electron chi connectivity index (χ4n) is 5.79. The topological polar surface area (TPSA) is 61.4 Å². The van der Waals surface area contributed by atoms with Crippen LogP contribution in [0.1, 0.15) is 67.3 Å². The minimum atomic E-state index is 0.771. The molecule has 0 unspecified atom stereocenters. The smallest absolute Gasteiger partial charge is 0.175 e. The molecule has 6 nitrogen and oxygen atoms in total. The normalized spacial score (nSPS) is 11.9. The lowest BCUT2D eigenvalue weighted by atomic mass is 9.94. The Labute approximate surface area is 213 Å². The number of aryl methyl sites for hydroxylation is 8. The van der Waals surface area contributed by atoms with E-state index in [1.165, 1.54) is 55.3 Å². The summed E-state index contributed by atoms with van der Waals surface area (Å²) in [5.41, 5.74) is 16.2. The van der Waals surface area contributed by atoms with Crippen LogP contribution >= 0.6 is 0 Å². The maximum Gasteiger partial charge on any atom is 0.175 e. The van der Waals surface area contributed by atoms with Crippen LogP contribution in [0.15, 0.2) is 0 Å². The maximum absolute atomic E-state index is 5.09. The van der Waals surface area contributed by atoms with Crippen molar-refractivity contribution in [1.29, 1.82) is 0 Å². The third kappa shape index (κ3) is 3.09. The van der Waals surface area contributed by atoms with Gasteiger partial charge in [-0.05, 0) is 128 Å². The van der Waals surface area contributed by atoms with Crippen LogP contribution in [-0.2, 0) is 0 Å². The zero-order valence-corrected chi connectivity index (χ0v) is 23.7. The monoisotopic (exact) mass is 480 g/mol. The van der Waals surface area contributed by atoms with Gasteiger partial charge in [-0.3, -0.25) is 0 Å². The van der Waals surface area contributed by atoms with Gasteiger partial charge in [0, 0.05) is 10.8 Å². The highest BCUT2D eigenvalue weighted by Gasteiger charge is 2.23. The lowest BCUT2D eigenvalue weighted by Crippen LogP contribution is -2.12. The minimum Gasteiger partial charge on any atom is -0.228 e. The van der Waals surface area contributed by atoms with Crippen molar-refractivity contribution in [2.24, 2.45) is 0 Å². The highest BCUT2D eigenvalue weighted by molar-refractivity contribution is 5.92. The molecular weight excluding hydrogens is 444 g/mol. The number of hydrogen-bond acceptors (Lipinski definition) is 4. The second-order valence-electron chi connectivity index (χ2n) is 10.5. The fourth-order valence-corrected chi connectivity index (χ4v) is 5.79. The molecule has 0 aliphatic heterocycles. The van der Waals surface area contributed by atoms with E-state index in [0.29, 0.717) is 0 Å². The van der Waals surface area contributed by atoms with Crippen LogP contribution in [0.5, 0.6) is 0 Å². The second-order valence-corrected chi connectivity index (χ2v) is 10.5. The molecule has 0 spiro atoms. The molecule has 0 N–H and O–H groups in total. The molecule has 0 aliphatic carbocycles. The fraction of sp³-hybridized carbons (Fsp3) is 0.400. The number of rotatable bonds is 2. The number of benzene rings is 2. The molecule has 0 saturated heterocycles. The summed E-state index contributed by atoms with van der Waals surface area (Å²) in [7, 11) is 0. The number of hydrogen-bond donors (Lipinski definition) is 0. The Balaban J connectivity index is 1.80. The molecule has 0 fully saturated rings. The zero-order chi connectivity index (χ0) is 26.4. The van der Waals surface area contributed by atoms with Gasteiger partial charge in [0.1, 0.15) is 0 Å². The van der Waals surface area contributed by atoms with Crippen molar-refractivity contribution in [3.8, 4) is 11.6 Å². The molecule has 0 atom stereocenters. The summed E-state index contributed by atoms with van der Waals surface area (Å²) in [5.74, 6) is 1.54. The molecule has 3 heterocycles. The molecule has 3 aromatic heterocycles. The molecule has 5 aromatic rings. The van der Waals surface area contributed by atoms with Crippen LogP contribution in [0, 0.1) is 83.1 Å². The van der Waals surface area contributed by atoms with Gasteiger partial charge >= 0.3 is 0 Å². The van der Waals surface area contributed by atoms with E-state index in [0.717, 1.165) is 45.4 Å². The quantitative estimate of drug-likeness (QED) is 0.277. The SMILES string of the molecule is Cc1nc(-n2nc(C)c3c(C)c(C)c(C)c(C)c32)c(C)nc1-n1nc(C)c2c(C)c(C)c(C)c(C)c21. The molecule has 36 heavy (non-hydrogen) atoms. The molecule has 5 rings (SSSR count). The average molecular weight is 481 g/mol. The number of fused-ring (bicyclic) bond motifs is 2. The van der Waals surface area contributed by atoms with Gasteiger partial charge in [-0.15, -0.1) is 0 Å². The molecule has 186 valence electrons. The Kier molecular flexibility index (Phi) is 5.36. The molecule has 0 amide bonds. The summed E-state index contributed by atoms with van der Waals surface area (Å²) in [6.45, 7) is 25.7. The minimum absolute atomic E-state index is 0.771. The van der Waals surface area contributed by atoms with Crippen LogP contribution in [0.4, 0.5) is 0 Å². The second kappa shape index (κ2) is 7.99. The Morgan fingerprint density at radius 2 is 0.667 bits per heavy atom. The van der Waals surface area contributed by atoms with Crippen molar-refractivity contribution in [2.45, 2.75) is 83.1 Å². The van der Waals surface area contributed by atoms with Crippen molar-refractivity contribution in [3.63, 3.8) is 0 Å². The average Bonchev–Trinajstić information content (AvgIpc) is 3.36. The van der Waals surface area contributed by atoms with E-state index in [4.69, 9.17) is 20.2 Å². The van der Waals surface area contributed by atoms with Gasteiger partial charge in [0.05, 0.1) is 33.8 Å². The lowest BCUT2D eigenvalue weighted by molar-refractivity contribution is 0.785. The first-order chi connectivity index (χ1) is 16.9. The predicted molar refractivity (Wildman–Crippen MR) is 148 cm³/mol. The highest BCUT2D eigenvalue weighted by Crippen LogP contribution is 2.35. The van der Waals surface area contributed by atoms with E-state index in [9.17, 15) is 0 Å². The highest BCUT2D eigenvalue weighted by atomic mass is 15.4. The van der Waals surface area contributed by atoms with Gasteiger partial charge in [0.15, 0.2) is 11.6 Å². The third-order valence-electron chi connectivity index (χ3n) is 8.55. The first-order valence-electron chi connectivity index (χ1n) is 12.6. The van der Waals surface area contributed by atoms with Crippen molar-refractivity contribution in [1.82, 2.24) is 29.5 Å². The number of nitrogens with zero attached hydrogens (tertiary/aromatic N) is 6. The molecule has 0 radical (unpaired) electrons. The lowest BCUT2D eigenvalue weighted by Gasteiger charge is -2.16. The van der Waals surface area contributed by atoms with Crippen molar-refractivity contribution in [2.75, 3.05) is 0 Å². The predicted octanol–water partition coefficient (Wildman–Crippen LogP) is 6.86. The Hall–Kier alpha value is -3.54. The van der Waals surface area contributed by atoms with Crippen LogP contribution in [-0.4, -0.2) is 29.5 Å². The Bertz CT molecular complexity index is 1620. The Morgan fingerprint density at radius 1 is 0.361 bits per heavy atom. The van der Waals surface area contributed by atoms with E-state index < -0.39 is 0 Å². The molecule has 0 saturated carbocycles. The maximum atomic E-state index is 5.09. The van der Waals surface area contributed by atoms with Crippen LogP contribution < -0.4 is 0 Å². The van der Waals surface area contributed by atoms with Gasteiger partial charge in [0.2, 0.25) is 0 Å². The van der Waals surface area contributed by atoms with Crippen molar-refractivity contribution < 1.29 is 0 Å². The van der Waals surface area contributed by atoms with E-state index in [-0.39, 0.29) is 0 Å². The Morgan fingerprint density at radius 3 is 1.00 bits per heavy atom. The van der Waals surface area contributed by atoms with E-state index >= 15 is 0 Å². The van der Waals surface area contributed by atoms with Crippen molar-refractivity contribution in [3.05, 3.63) is 67.3 Å². The first kappa shape index (κ1) is 24.2. The molecule has 6 heteroatoms. The van der Waals surface area contributed by atoms with Gasteiger partial charge in [-0.25, -0.2) is 19.3 Å². The third-order valence-corrected chi connectivity index (χ3v) is 8.55. The van der Waals surface area contributed by atoms with Crippen LogP contribution in [0.2, 0.25) is 0 Å². The van der Waals surface area contributed by atoms with E-state index in [1.54, 1.807) is 0 Å². The van der Waals surface area contributed by atoms with E-state index in [2.05, 4.69) is 69.2 Å². The van der Waals surface area contributed by atoms with Crippen molar-refractivity contribution >= 4 is 21.8 Å². The summed E-state index contributed by atoms with van der Waals surface area (Å²) in [5, 5.41) is 12.3. The van der Waals surface area contributed by atoms with Gasteiger partial charge < -0.3 is 0 Å². The summed E-state index contributed by atoms with van der Waals surface area (Å²) in [6.07, 6.45) is 0. The van der Waals surface area contributed by atoms with Gasteiger partial charge in [-0.1, -0.05) is 0 Å². The summed E-state index contributed by atoms with van der Waals surface area (Å²) >= 11 is 0. The molecular formula is C30H36N6. The number of aromatic nitrogens is 6. The van der Waals surface area contributed by atoms with Gasteiger partial charge in [-0.2, -0.15) is 10.2 Å². The van der Waals surface area contributed by atoms with Gasteiger partial charge in [0.25, 0.3) is 0 Å². The van der Waals surface area contributed by atoms with E-state index in [1.807, 2.05) is 23.2 Å². The first-order valence-corrected chi connectivity index (χ1v) is 12.6. The summed E-state index contributed by atoms with van der Waals surface area (Å²) in [4.78, 5) is 10.2. The largest absolute Gasteiger partial charge is 0.228 e. The summed E-state index contributed by atoms with van der Waals surface area (Å²) < 4.78 is 3.99. The standard InChI is InChI=1S/C30H36N6/c1-13-15(3)19(7)27-25(17(13)5)21(9)33-35(27)29-23(11)32-30(24(12)31-29)36-28-20(8)16(4)14(2)18(6)26(28)22(10)34-36/h1-12H3.